The molecule has 3 aromatic rings. The number of rotatable bonds is 14. The van der Waals surface area contributed by atoms with E-state index in [4.69, 9.17) is 9.47 Å². The quantitative estimate of drug-likeness (QED) is 0.218. The second-order valence-electron chi connectivity index (χ2n) is 9.39. The monoisotopic (exact) mass is 529 g/mol. The molecule has 1 aliphatic rings. The number of aryl methyl sites for hydroxylation is 1. The average molecular weight is 530 g/mol. The third kappa shape index (κ3) is 6.76. The second kappa shape index (κ2) is 13.5. The maximum atomic E-state index is 13.4. The lowest BCUT2D eigenvalue weighted by molar-refractivity contribution is -0.129. The number of aromatic nitrogens is 2. The first-order chi connectivity index (χ1) is 19.0. The van der Waals surface area contributed by atoms with Crippen molar-refractivity contribution in [3.05, 3.63) is 95.8 Å². The number of methoxy groups -OCH3 is 1. The standard InChI is InChI=1S/C31H35N3O5/c1-3-4-8-20-39-26-15-13-24(21-27(26)38-2)29-28(25(35)14-12-23-10-6-5-7-11-23)30(36)31(37)34(29)18-9-17-33-19-16-32-22-33/h5-7,10-16,19,21-22,29,36H,3-4,8-9,17-18,20H2,1-2H3/b14-12+. The Morgan fingerprint density at radius 3 is 2.62 bits per heavy atom. The lowest BCUT2D eigenvalue weighted by Gasteiger charge is -2.27. The van der Waals surface area contributed by atoms with E-state index in [1.54, 1.807) is 42.7 Å². The third-order valence-corrected chi connectivity index (χ3v) is 6.68. The molecule has 1 unspecified atom stereocenters. The van der Waals surface area contributed by atoms with Crippen LogP contribution in [0.4, 0.5) is 0 Å². The van der Waals surface area contributed by atoms with E-state index in [1.165, 1.54) is 6.08 Å². The highest BCUT2D eigenvalue weighted by molar-refractivity contribution is 6.14. The Morgan fingerprint density at radius 2 is 1.90 bits per heavy atom. The van der Waals surface area contributed by atoms with E-state index in [0.717, 1.165) is 24.8 Å². The zero-order valence-electron chi connectivity index (χ0n) is 22.5. The number of allylic oxidation sites excluding steroid dienone is 1. The van der Waals surface area contributed by atoms with Gasteiger partial charge in [0.2, 0.25) is 0 Å². The Bertz CT molecular complexity index is 1320. The lowest BCUT2D eigenvalue weighted by atomic mass is 9.95. The molecule has 0 aliphatic carbocycles. The number of nitrogens with zero attached hydrogens (tertiary/aromatic N) is 3. The summed E-state index contributed by atoms with van der Waals surface area (Å²) < 4.78 is 13.5. The van der Waals surface area contributed by atoms with E-state index < -0.39 is 23.5 Å². The molecule has 4 rings (SSSR count). The van der Waals surface area contributed by atoms with Crippen molar-refractivity contribution in [2.24, 2.45) is 0 Å². The SMILES string of the molecule is CCCCCOc1ccc(C2C(C(=O)/C=C/c3ccccc3)=C(O)C(=O)N2CCCn2ccnc2)cc1OC. The van der Waals surface area contributed by atoms with Gasteiger partial charge in [0.25, 0.3) is 5.91 Å². The number of aliphatic hydroxyl groups is 1. The molecule has 0 bridgehead atoms. The second-order valence-corrected chi connectivity index (χ2v) is 9.39. The number of amides is 1. The molecule has 0 fully saturated rings. The van der Waals surface area contributed by atoms with Gasteiger partial charge in [-0.15, -0.1) is 0 Å². The Kier molecular flexibility index (Phi) is 9.56. The van der Waals surface area contributed by atoms with Crippen LogP contribution >= 0.6 is 0 Å². The minimum Gasteiger partial charge on any atom is -0.503 e. The number of hydrogen-bond donors (Lipinski definition) is 1. The summed E-state index contributed by atoms with van der Waals surface area (Å²) in [7, 11) is 1.56. The van der Waals surface area contributed by atoms with Crippen molar-refractivity contribution in [3.63, 3.8) is 0 Å². The van der Waals surface area contributed by atoms with Crippen LogP contribution in [0.3, 0.4) is 0 Å². The van der Waals surface area contributed by atoms with Gasteiger partial charge in [0.05, 0.1) is 31.7 Å². The van der Waals surface area contributed by atoms with Crippen molar-refractivity contribution in [2.45, 2.75) is 45.2 Å². The molecule has 0 radical (unpaired) electrons. The van der Waals surface area contributed by atoms with E-state index in [1.807, 2.05) is 47.2 Å². The molecular formula is C31H35N3O5. The molecule has 2 aromatic carbocycles. The smallest absolute Gasteiger partial charge is 0.290 e. The van der Waals surface area contributed by atoms with Crippen molar-refractivity contribution >= 4 is 17.8 Å². The minimum atomic E-state index is -0.767. The zero-order chi connectivity index (χ0) is 27.6. The van der Waals surface area contributed by atoms with Crippen molar-refractivity contribution in [1.82, 2.24) is 14.5 Å². The molecule has 1 atom stereocenters. The normalized spacial score (nSPS) is 15.4. The van der Waals surface area contributed by atoms with Crippen LogP contribution in [0.5, 0.6) is 11.5 Å². The van der Waals surface area contributed by atoms with Gasteiger partial charge in [-0.3, -0.25) is 9.59 Å². The molecule has 204 valence electrons. The Labute approximate surface area is 229 Å². The molecule has 0 saturated heterocycles. The number of hydrogen-bond acceptors (Lipinski definition) is 6. The summed E-state index contributed by atoms with van der Waals surface area (Å²) in [6.45, 7) is 3.68. The number of benzene rings is 2. The van der Waals surface area contributed by atoms with Crippen molar-refractivity contribution in [1.29, 1.82) is 0 Å². The van der Waals surface area contributed by atoms with Gasteiger partial charge in [-0.25, -0.2) is 4.98 Å². The fraction of sp³-hybridized carbons (Fsp3) is 0.323. The largest absolute Gasteiger partial charge is 0.503 e. The fourth-order valence-corrected chi connectivity index (χ4v) is 4.66. The first kappa shape index (κ1) is 27.7. The molecule has 8 heteroatoms. The van der Waals surface area contributed by atoms with Crippen LogP contribution in [0, 0.1) is 0 Å². The van der Waals surface area contributed by atoms with Gasteiger partial charge in [0, 0.05) is 25.5 Å². The van der Waals surface area contributed by atoms with Crippen LogP contribution in [0.1, 0.15) is 49.8 Å². The molecule has 39 heavy (non-hydrogen) atoms. The van der Waals surface area contributed by atoms with E-state index in [2.05, 4.69) is 11.9 Å². The molecule has 2 heterocycles. The average Bonchev–Trinajstić information content (AvgIpc) is 3.57. The Balaban J connectivity index is 1.63. The van der Waals surface area contributed by atoms with Crippen LogP contribution in [-0.4, -0.2) is 51.5 Å². The molecule has 0 spiro atoms. The predicted molar refractivity (Wildman–Crippen MR) is 149 cm³/mol. The maximum absolute atomic E-state index is 13.4. The highest BCUT2D eigenvalue weighted by Crippen LogP contribution is 2.41. The molecule has 1 aromatic heterocycles. The first-order valence-electron chi connectivity index (χ1n) is 13.3. The molecule has 0 saturated carbocycles. The Morgan fingerprint density at radius 1 is 1.08 bits per heavy atom. The maximum Gasteiger partial charge on any atom is 0.290 e. The van der Waals surface area contributed by atoms with Crippen LogP contribution in [0.25, 0.3) is 6.08 Å². The summed E-state index contributed by atoms with van der Waals surface area (Å²) in [5.74, 6) is -0.415. The summed E-state index contributed by atoms with van der Waals surface area (Å²) in [4.78, 5) is 32.3. The van der Waals surface area contributed by atoms with Crippen LogP contribution in [0.15, 0.2) is 84.7 Å². The number of ketones is 1. The van der Waals surface area contributed by atoms with Crippen molar-refractivity contribution in [3.8, 4) is 11.5 Å². The van der Waals surface area contributed by atoms with Gasteiger partial charge in [-0.05, 0) is 42.2 Å². The van der Waals surface area contributed by atoms with E-state index in [0.29, 0.717) is 43.2 Å². The summed E-state index contributed by atoms with van der Waals surface area (Å²) in [5, 5.41) is 10.9. The van der Waals surface area contributed by atoms with Gasteiger partial charge in [-0.1, -0.05) is 62.2 Å². The van der Waals surface area contributed by atoms with Crippen molar-refractivity contribution in [2.75, 3.05) is 20.3 Å². The fourth-order valence-electron chi connectivity index (χ4n) is 4.66. The summed E-state index contributed by atoms with van der Waals surface area (Å²) >= 11 is 0. The lowest BCUT2D eigenvalue weighted by Crippen LogP contribution is -2.32. The van der Waals surface area contributed by atoms with E-state index >= 15 is 0 Å². The van der Waals surface area contributed by atoms with E-state index in [-0.39, 0.29) is 5.57 Å². The van der Waals surface area contributed by atoms with Gasteiger partial charge < -0.3 is 24.0 Å². The molecule has 1 amide bonds. The first-order valence-corrected chi connectivity index (χ1v) is 13.3. The number of imidazole rings is 1. The summed E-state index contributed by atoms with van der Waals surface area (Å²) in [6.07, 6.45) is 12.1. The van der Waals surface area contributed by atoms with Crippen LogP contribution in [-0.2, 0) is 16.1 Å². The summed E-state index contributed by atoms with van der Waals surface area (Å²) in [6, 6.07) is 14.0. The van der Waals surface area contributed by atoms with E-state index in [9.17, 15) is 14.7 Å². The third-order valence-electron chi connectivity index (χ3n) is 6.68. The number of carbonyl (C=O) groups is 2. The molecule has 1 aliphatic heterocycles. The van der Waals surface area contributed by atoms with Crippen LogP contribution in [0.2, 0.25) is 0 Å². The molecular weight excluding hydrogens is 494 g/mol. The number of unbranched alkanes of at least 4 members (excludes halogenated alkanes) is 2. The van der Waals surface area contributed by atoms with Gasteiger partial charge in [0.15, 0.2) is 23.0 Å². The molecule has 1 N–H and O–H groups in total. The van der Waals surface area contributed by atoms with Gasteiger partial charge in [-0.2, -0.15) is 0 Å². The highest BCUT2D eigenvalue weighted by Gasteiger charge is 2.42. The van der Waals surface area contributed by atoms with Crippen LogP contribution < -0.4 is 9.47 Å². The molecule has 8 nitrogen and oxygen atoms in total. The predicted octanol–water partition coefficient (Wildman–Crippen LogP) is 5.53. The minimum absolute atomic E-state index is 0.0495. The summed E-state index contributed by atoms with van der Waals surface area (Å²) in [5.41, 5.74) is 1.55. The number of carbonyl (C=O) groups excluding carboxylic acids is 2. The number of ether oxygens (including phenoxy) is 2. The Hall–Kier alpha value is -4.33. The van der Waals surface area contributed by atoms with Gasteiger partial charge >= 0.3 is 0 Å². The topological polar surface area (TPSA) is 93.9 Å². The highest BCUT2D eigenvalue weighted by atomic mass is 16.5. The van der Waals surface area contributed by atoms with Gasteiger partial charge in [0.1, 0.15) is 0 Å². The number of aliphatic hydroxyl groups excluding tert-OH is 1. The zero-order valence-corrected chi connectivity index (χ0v) is 22.5. The van der Waals surface area contributed by atoms with Crippen molar-refractivity contribution < 1.29 is 24.2 Å².